The van der Waals surface area contributed by atoms with Crippen LogP contribution in [0.5, 0.6) is 0 Å². The lowest BCUT2D eigenvalue weighted by Crippen LogP contribution is -2.39. The number of hydrogen-bond acceptors (Lipinski definition) is 2. The minimum absolute atomic E-state index is 0.0728. The van der Waals surface area contributed by atoms with Crippen molar-refractivity contribution in [2.24, 2.45) is 23.2 Å². The highest BCUT2D eigenvalue weighted by atomic mass is 19.1. The topological polar surface area (TPSA) is 42.0 Å². The zero-order chi connectivity index (χ0) is 19.5. The van der Waals surface area contributed by atoms with E-state index in [1.807, 2.05) is 20.0 Å². The Morgan fingerprint density at radius 1 is 1.14 bits per heavy atom. The molecule has 3 nitrogen and oxygen atoms in total. The molecule has 0 radical (unpaired) electrons. The summed E-state index contributed by atoms with van der Waals surface area (Å²) >= 11 is 0. The summed E-state index contributed by atoms with van der Waals surface area (Å²) in [6.07, 6.45) is 8.69. The maximum atomic E-state index is 13.8. The van der Waals surface area contributed by atoms with Crippen LogP contribution in [0, 0.1) is 29.0 Å². The van der Waals surface area contributed by atoms with E-state index in [0.29, 0.717) is 29.6 Å². The molecule has 0 unspecified atom stereocenters. The summed E-state index contributed by atoms with van der Waals surface area (Å²) in [7, 11) is 0. The average molecular weight is 381 g/mol. The molecule has 1 aromatic carbocycles. The fraction of sp³-hybridized carbons (Fsp3) is 0.583. The van der Waals surface area contributed by atoms with Crippen molar-refractivity contribution < 1.29 is 9.18 Å². The summed E-state index contributed by atoms with van der Waals surface area (Å²) < 4.78 is 13.8. The molecule has 3 saturated carbocycles. The third kappa shape index (κ3) is 2.92. The molecular formula is C24H29FN2O. The molecular weight excluding hydrogens is 351 g/mol. The summed E-state index contributed by atoms with van der Waals surface area (Å²) in [5.41, 5.74) is 2.07. The van der Waals surface area contributed by atoms with E-state index < -0.39 is 0 Å². The van der Waals surface area contributed by atoms with Crippen molar-refractivity contribution in [3.8, 4) is 0 Å². The van der Waals surface area contributed by atoms with Gasteiger partial charge in [0.05, 0.1) is 10.9 Å². The Kier molecular flexibility index (Phi) is 4.22. The van der Waals surface area contributed by atoms with Crippen LogP contribution in [0.3, 0.4) is 0 Å². The molecule has 28 heavy (non-hydrogen) atoms. The second kappa shape index (κ2) is 6.53. The van der Waals surface area contributed by atoms with Crippen molar-refractivity contribution in [2.45, 2.75) is 64.3 Å². The summed E-state index contributed by atoms with van der Waals surface area (Å²) in [6, 6.07) is 7.22. The van der Waals surface area contributed by atoms with E-state index in [2.05, 4.69) is 16.4 Å². The largest absolute Gasteiger partial charge is 0.353 e. The predicted octanol–water partition coefficient (Wildman–Crippen LogP) is 5.20. The van der Waals surface area contributed by atoms with Gasteiger partial charge in [0.2, 0.25) is 5.91 Å². The van der Waals surface area contributed by atoms with Crippen molar-refractivity contribution in [3.05, 3.63) is 41.8 Å². The van der Waals surface area contributed by atoms with Crippen molar-refractivity contribution in [1.29, 1.82) is 0 Å². The molecule has 0 bridgehead atoms. The lowest BCUT2D eigenvalue weighted by atomic mass is 9.82. The zero-order valence-corrected chi connectivity index (χ0v) is 16.7. The number of hydrogen-bond donors (Lipinski definition) is 1. The van der Waals surface area contributed by atoms with Crippen LogP contribution >= 0.6 is 0 Å². The number of nitrogens with zero attached hydrogens (tertiary/aromatic N) is 1. The van der Waals surface area contributed by atoms with Crippen LogP contribution in [0.15, 0.2) is 30.5 Å². The summed E-state index contributed by atoms with van der Waals surface area (Å²) in [5.74, 6) is 2.55. The number of nitrogens with one attached hydrogen (secondary N) is 1. The van der Waals surface area contributed by atoms with Crippen molar-refractivity contribution in [1.82, 2.24) is 10.3 Å². The zero-order valence-electron chi connectivity index (χ0n) is 16.7. The second-order valence-corrected chi connectivity index (χ2v) is 9.70. The van der Waals surface area contributed by atoms with Gasteiger partial charge in [-0.05, 0) is 106 Å². The molecule has 0 saturated heterocycles. The van der Waals surface area contributed by atoms with Crippen LogP contribution in [0.4, 0.5) is 4.39 Å². The van der Waals surface area contributed by atoms with Crippen LogP contribution in [-0.2, 0) is 4.79 Å². The fourth-order valence-electron chi connectivity index (χ4n) is 6.18. The number of carbonyl (C=O) groups excluding carboxylic acids is 1. The number of benzene rings is 1. The van der Waals surface area contributed by atoms with E-state index >= 15 is 0 Å². The van der Waals surface area contributed by atoms with Gasteiger partial charge in [0.1, 0.15) is 5.82 Å². The SMILES string of the molecule is CC(C)NC(=O)C1([C@H]2C[C@H]3C[C@@H](c4ccnc5ccc(F)cc45)C[C@H]3C2)CC1. The van der Waals surface area contributed by atoms with E-state index in [0.717, 1.165) is 23.7 Å². The standard InChI is InChI=1S/C24H29FN2O/c1-14(2)27-23(28)24(6-7-24)18-11-15-9-17(10-16(15)12-18)20-5-8-26-22-4-3-19(25)13-21(20)22/h3-5,8,13-18H,6-7,9-12H2,1-2H3,(H,27,28)/t15-,16+,17-,18+. The second-order valence-electron chi connectivity index (χ2n) is 9.70. The maximum absolute atomic E-state index is 13.8. The molecule has 148 valence electrons. The number of amides is 1. The molecule has 3 fully saturated rings. The third-order valence-corrected chi connectivity index (χ3v) is 7.64. The van der Waals surface area contributed by atoms with Crippen LogP contribution in [0.1, 0.15) is 63.9 Å². The molecule has 2 aromatic rings. The average Bonchev–Trinajstić information content (AvgIpc) is 3.23. The number of pyridine rings is 1. The Hall–Kier alpha value is -1.97. The smallest absolute Gasteiger partial charge is 0.226 e. The van der Waals surface area contributed by atoms with Gasteiger partial charge in [0, 0.05) is 17.6 Å². The van der Waals surface area contributed by atoms with E-state index in [-0.39, 0.29) is 17.3 Å². The number of aromatic nitrogens is 1. The Balaban J connectivity index is 1.32. The van der Waals surface area contributed by atoms with Gasteiger partial charge in [0.15, 0.2) is 0 Å². The highest BCUT2D eigenvalue weighted by molar-refractivity contribution is 5.86. The van der Waals surface area contributed by atoms with Crippen LogP contribution in [-0.4, -0.2) is 16.9 Å². The molecule has 3 aliphatic rings. The van der Waals surface area contributed by atoms with Gasteiger partial charge in [-0.25, -0.2) is 4.39 Å². The highest BCUT2D eigenvalue weighted by Gasteiger charge is 2.59. The number of fused-ring (bicyclic) bond motifs is 2. The fourth-order valence-corrected chi connectivity index (χ4v) is 6.18. The van der Waals surface area contributed by atoms with Gasteiger partial charge >= 0.3 is 0 Å². The Labute approximate surface area is 166 Å². The predicted molar refractivity (Wildman–Crippen MR) is 108 cm³/mol. The minimum Gasteiger partial charge on any atom is -0.353 e. The van der Waals surface area contributed by atoms with Crippen LogP contribution in [0.25, 0.3) is 10.9 Å². The van der Waals surface area contributed by atoms with Gasteiger partial charge < -0.3 is 5.32 Å². The first-order chi connectivity index (χ1) is 13.5. The van der Waals surface area contributed by atoms with E-state index in [4.69, 9.17) is 0 Å². The van der Waals surface area contributed by atoms with Gasteiger partial charge in [-0.3, -0.25) is 9.78 Å². The molecule has 0 spiro atoms. The van der Waals surface area contributed by atoms with Crippen molar-refractivity contribution in [3.63, 3.8) is 0 Å². The monoisotopic (exact) mass is 380 g/mol. The van der Waals surface area contributed by atoms with Gasteiger partial charge in [-0.15, -0.1) is 0 Å². The summed E-state index contributed by atoms with van der Waals surface area (Å²) in [6.45, 7) is 4.09. The Morgan fingerprint density at radius 3 is 2.50 bits per heavy atom. The van der Waals surface area contributed by atoms with E-state index in [1.165, 1.54) is 37.3 Å². The lowest BCUT2D eigenvalue weighted by Gasteiger charge is -2.25. The van der Waals surface area contributed by atoms with Crippen molar-refractivity contribution in [2.75, 3.05) is 0 Å². The molecule has 5 rings (SSSR count). The first kappa shape index (κ1) is 18.1. The summed E-state index contributed by atoms with van der Waals surface area (Å²) in [4.78, 5) is 17.2. The van der Waals surface area contributed by atoms with E-state index in [1.54, 1.807) is 12.1 Å². The molecule has 1 amide bonds. The number of carbonyl (C=O) groups is 1. The highest BCUT2D eigenvalue weighted by Crippen LogP contribution is 2.63. The quantitative estimate of drug-likeness (QED) is 0.792. The first-order valence-corrected chi connectivity index (χ1v) is 10.8. The Morgan fingerprint density at radius 2 is 1.86 bits per heavy atom. The normalized spacial score (nSPS) is 30.6. The molecule has 1 N–H and O–H groups in total. The first-order valence-electron chi connectivity index (χ1n) is 10.8. The Bertz CT molecular complexity index is 906. The molecule has 1 aromatic heterocycles. The lowest BCUT2D eigenvalue weighted by molar-refractivity contribution is -0.128. The minimum atomic E-state index is -0.188. The third-order valence-electron chi connectivity index (χ3n) is 7.64. The van der Waals surface area contributed by atoms with Crippen molar-refractivity contribution >= 4 is 16.8 Å². The number of rotatable bonds is 4. The maximum Gasteiger partial charge on any atom is 0.226 e. The summed E-state index contributed by atoms with van der Waals surface area (Å²) in [5, 5.41) is 4.14. The molecule has 4 atom stereocenters. The molecule has 1 heterocycles. The van der Waals surface area contributed by atoms with Gasteiger partial charge in [-0.2, -0.15) is 0 Å². The van der Waals surface area contributed by atoms with Gasteiger partial charge in [0.25, 0.3) is 0 Å². The molecule has 3 aliphatic carbocycles. The van der Waals surface area contributed by atoms with Gasteiger partial charge in [-0.1, -0.05) is 0 Å². The van der Waals surface area contributed by atoms with E-state index in [9.17, 15) is 9.18 Å². The van der Waals surface area contributed by atoms with Crippen LogP contribution < -0.4 is 5.32 Å². The van der Waals surface area contributed by atoms with Crippen LogP contribution in [0.2, 0.25) is 0 Å². The molecule has 4 heteroatoms. The number of halogens is 1. The molecule has 0 aliphatic heterocycles.